The zero-order chi connectivity index (χ0) is 22.9. The summed E-state index contributed by atoms with van der Waals surface area (Å²) in [6, 6.07) is 24.0. The maximum Gasteiger partial charge on any atom is 0.318 e. The molecule has 0 amide bonds. The number of aromatic nitrogens is 1. The van der Waals surface area contributed by atoms with Crippen LogP contribution in [0.15, 0.2) is 77.8 Å². The van der Waals surface area contributed by atoms with Gasteiger partial charge in [-0.2, -0.15) is 14.7 Å². The Hall–Kier alpha value is -4.13. The van der Waals surface area contributed by atoms with E-state index < -0.39 is 0 Å². The van der Waals surface area contributed by atoms with Crippen LogP contribution in [0.5, 0.6) is 0 Å². The molecule has 0 radical (unpaired) electrons. The Morgan fingerprint density at radius 2 is 1.58 bits per heavy atom. The smallest absolute Gasteiger partial charge is 0.318 e. The molecule has 2 N–H and O–H groups in total. The molecule has 33 heavy (non-hydrogen) atoms. The fourth-order valence-electron chi connectivity index (χ4n) is 4.39. The lowest BCUT2D eigenvalue weighted by atomic mass is 9.96. The number of nitrogens with zero attached hydrogens (tertiary/aromatic N) is 5. The fourth-order valence-corrected chi connectivity index (χ4v) is 4.39. The zero-order valence-electron chi connectivity index (χ0n) is 18.8. The number of hydrogen-bond acceptors (Lipinski definition) is 6. The zero-order valence-corrected chi connectivity index (χ0v) is 18.8. The second-order valence-electron chi connectivity index (χ2n) is 8.33. The Kier molecular flexibility index (Phi) is 5.30. The van der Waals surface area contributed by atoms with Gasteiger partial charge in [0.2, 0.25) is 0 Å². The average Bonchev–Trinajstić information content (AvgIpc) is 3.15. The number of hydrogen-bond donors (Lipinski definition) is 1. The van der Waals surface area contributed by atoms with E-state index in [0.717, 1.165) is 39.4 Å². The van der Waals surface area contributed by atoms with Crippen LogP contribution in [-0.2, 0) is 6.42 Å². The van der Waals surface area contributed by atoms with Gasteiger partial charge in [-0.05, 0) is 43.5 Å². The number of nitrogens with two attached hydrogens (primary N) is 1. The molecule has 0 saturated heterocycles. The number of hydrazone groups is 1. The van der Waals surface area contributed by atoms with Gasteiger partial charge in [0.15, 0.2) is 6.67 Å². The van der Waals surface area contributed by atoms with Gasteiger partial charge in [0.1, 0.15) is 5.57 Å². The lowest BCUT2D eigenvalue weighted by Crippen LogP contribution is -2.44. The molecule has 3 heterocycles. The number of benzene rings is 2. The van der Waals surface area contributed by atoms with Gasteiger partial charge in [-0.1, -0.05) is 60.7 Å². The van der Waals surface area contributed by atoms with Gasteiger partial charge < -0.3 is 10.9 Å². The number of aryl methyl sites for hydroxylation is 2. The molecule has 2 aromatic carbocycles. The highest BCUT2D eigenvalue weighted by Gasteiger charge is 2.43. The minimum absolute atomic E-state index is 0.318. The highest BCUT2D eigenvalue weighted by Crippen LogP contribution is 2.35. The molecule has 0 atom stereocenters. The van der Waals surface area contributed by atoms with Gasteiger partial charge in [0, 0.05) is 17.0 Å². The first-order valence-electron chi connectivity index (χ1n) is 11.0. The van der Waals surface area contributed by atoms with Crippen LogP contribution < -0.4 is 5.73 Å². The van der Waals surface area contributed by atoms with Crippen LogP contribution in [-0.4, -0.2) is 44.7 Å². The van der Waals surface area contributed by atoms with Crippen molar-refractivity contribution in [2.75, 3.05) is 13.2 Å². The molecule has 7 nitrogen and oxygen atoms in total. The van der Waals surface area contributed by atoms with Crippen molar-refractivity contribution >= 4 is 23.1 Å². The molecule has 1 aromatic heterocycles. The largest absolute Gasteiger partial charge is 0.692 e. The van der Waals surface area contributed by atoms with Crippen molar-refractivity contribution in [3.63, 3.8) is 0 Å². The third-order valence-corrected chi connectivity index (χ3v) is 5.88. The monoisotopic (exact) mass is 438 g/mol. The predicted octanol–water partition coefficient (Wildman–Crippen LogP) is 3.54. The Balaban J connectivity index is 1.63. The molecule has 0 aliphatic carbocycles. The van der Waals surface area contributed by atoms with E-state index in [-0.39, 0.29) is 0 Å². The molecule has 5 rings (SSSR count). The van der Waals surface area contributed by atoms with Crippen molar-refractivity contribution < 1.29 is 4.85 Å². The standard InChI is InChI=1S/C26H26N6O/c1-18-15-22(16-19(2)28-18)23-24(21-11-7-4-8-12-21)29-26(27)31-17-30(32(33)25(23)31)14-13-20-9-5-3-6-10-20/h3-12,15-16H,13-14,17H2,1-2H3,(H2,27,29). The van der Waals surface area contributed by atoms with E-state index in [2.05, 4.69) is 17.1 Å². The highest BCUT2D eigenvalue weighted by molar-refractivity contribution is 6.33. The topological polar surface area (TPSA) is 83.8 Å². The maximum absolute atomic E-state index is 13.6. The lowest BCUT2D eigenvalue weighted by Gasteiger charge is -2.21. The van der Waals surface area contributed by atoms with E-state index in [1.54, 1.807) is 9.91 Å². The number of amidine groups is 1. The number of hydrazine groups is 1. The van der Waals surface area contributed by atoms with E-state index in [9.17, 15) is 5.21 Å². The first-order chi connectivity index (χ1) is 16.0. The SMILES string of the molecule is Cc1cc(C2=C(c3ccccc3)N=C(N)N3CN(CCc4ccccc4)[N+]([O-])=C23)cc(C)n1. The van der Waals surface area contributed by atoms with Crippen LogP contribution in [0.2, 0.25) is 0 Å². The summed E-state index contributed by atoms with van der Waals surface area (Å²) < 4.78 is 0. The lowest BCUT2D eigenvalue weighted by molar-refractivity contribution is -0.626. The van der Waals surface area contributed by atoms with Gasteiger partial charge in [-0.3, -0.25) is 4.98 Å². The average molecular weight is 439 g/mol. The van der Waals surface area contributed by atoms with E-state index in [4.69, 9.17) is 10.7 Å². The predicted molar refractivity (Wildman–Crippen MR) is 131 cm³/mol. The van der Waals surface area contributed by atoms with Crippen LogP contribution in [0.25, 0.3) is 11.3 Å². The number of fused-ring (bicyclic) bond motifs is 1. The molecule has 0 saturated carbocycles. The number of guanidine groups is 1. The van der Waals surface area contributed by atoms with E-state index in [1.165, 1.54) is 5.56 Å². The van der Waals surface area contributed by atoms with Crippen LogP contribution in [0.4, 0.5) is 0 Å². The summed E-state index contributed by atoms with van der Waals surface area (Å²) in [5.74, 6) is 0.817. The quantitative estimate of drug-likeness (QED) is 0.487. The molecule has 0 unspecified atom stereocenters. The summed E-state index contributed by atoms with van der Waals surface area (Å²) in [6.45, 7) is 4.84. The van der Waals surface area contributed by atoms with Crippen molar-refractivity contribution in [2.45, 2.75) is 20.3 Å². The summed E-state index contributed by atoms with van der Waals surface area (Å²) in [4.78, 5) is 12.1. The fraction of sp³-hybridized carbons (Fsp3) is 0.192. The summed E-state index contributed by atoms with van der Waals surface area (Å²) >= 11 is 0. The van der Waals surface area contributed by atoms with Crippen LogP contribution in [0.3, 0.4) is 0 Å². The summed E-state index contributed by atoms with van der Waals surface area (Å²) in [6.07, 6.45) is 0.760. The van der Waals surface area contributed by atoms with Crippen molar-refractivity contribution in [3.05, 3.63) is 106 Å². The first-order valence-corrected chi connectivity index (χ1v) is 11.0. The second kappa shape index (κ2) is 8.43. The van der Waals surface area contributed by atoms with E-state index in [1.807, 2.05) is 74.5 Å². The van der Waals surface area contributed by atoms with Crippen molar-refractivity contribution in [1.29, 1.82) is 0 Å². The summed E-state index contributed by atoms with van der Waals surface area (Å²) in [5, 5.41) is 15.4. The van der Waals surface area contributed by atoms with Crippen molar-refractivity contribution in [3.8, 4) is 0 Å². The van der Waals surface area contributed by atoms with Gasteiger partial charge in [0.05, 0.1) is 12.2 Å². The minimum Gasteiger partial charge on any atom is -0.692 e. The maximum atomic E-state index is 13.6. The van der Waals surface area contributed by atoms with Crippen LogP contribution in [0.1, 0.15) is 28.1 Å². The molecule has 166 valence electrons. The minimum atomic E-state index is 0.318. The van der Waals surface area contributed by atoms with Crippen LogP contribution >= 0.6 is 0 Å². The number of pyridine rings is 1. The molecule has 2 aliphatic rings. The second-order valence-corrected chi connectivity index (χ2v) is 8.33. The Bertz CT molecular complexity index is 1260. The third kappa shape index (κ3) is 3.93. The van der Waals surface area contributed by atoms with Gasteiger partial charge >= 0.3 is 5.84 Å². The van der Waals surface area contributed by atoms with Gasteiger partial charge in [-0.15, -0.1) is 0 Å². The molecule has 0 fully saturated rings. The highest BCUT2D eigenvalue weighted by atomic mass is 16.5. The Morgan fingerprint density at radius 1 is 0.939 bits per heavy atom. The molecule has 7 heteroatoms. The first kappa shape index (κ1) is 20.8. The molecular weight excluding hydrogens is 412 g/mol. The summed E-state index contributed by atoms with van der Waals surface area (Å²) in [5.41, 5.74) is 12.6. The van der Waals surface area contributed by atoms with Crippen LogP contribution in [0, 0.1) is 19.1 Å². The summed E-state index contributed by atoms with van der Waals surface area (Å²) in [7, 11) is 0. The third-order valence-electron chi connectivity index (χ3n) is 5.88. The molecule has 0 spiro atoms. The Labute approximate surface area is 193 Å². The van der Waals surface area contributed by atoms with E-state index in [0.29, 0.717) is 30.7 Å². The molecular formula is C26H26N6O. The number of aliphatic imine (C=N–C) groups is 1. The van der Waals surface area contributed by atoms with Gasteiger partial charge in [0.25, 0.3) is 5.96 Å². The molecule has 3 aromatic rings. The normalized spacial score (nSPS) is 15.8. The molecule has 2 aliphatic heterocycles. The van der Waals surface area contributed by atoms with Gasteiger partial charge in [-0.25, -0.2) is 5.01 Å². The van der Waals surface area contributed by atoms with E-state index >= 15 is 0 Å². The number of rotatable bonds is 5. The van der Waals surface area contributed by atoms with Crippen molar-refractivity contribution in [2.24, 2.45) is 10.7 Å². The van der Waals surface area contributed by atoms with Crippen molar-refractivity contribution in [1.82, 2.24) is 14.9 Å². The molecule has 0 bridgehead atoms. The Morgan fingerprint density at radius 3 is 2.24 bits per heavy atom.